The molecule has 0 heterocycles. The lowest BCUT2D eigenvalue weighted by molar-refractivity contribution is 0.424. The molecular formula is C13H18BrF2N. The topological polar surface area (TPSA) is 12.0 Å². The minimum Gasteiger partial charge on any atom is -0.317 e. The summed E-state index contributed by atoms with van der Waals surface area (Å²) >= 11 is 3.08. The lowest BCUT2D eigenvalue weighted by atomic mass is 9.94. The molecule has 1 N–H and O–H groups in total. The van der Waals surface area contributed by atoms with Gasteiger partial charge in [0.1, 0.15) is 11.6 Å². The zero-order valence-electron chi connectivity index (χ0n) is 10.4. The van der Waals surface area contributed by atoms with Crippen LogP contribution >= 0.6 is 15.9 Å². The van der Waals surface area contributed by atoms with Gasteiger partial charge in [0.05, 0.1) is 4.47 Å². The van der Waals surface area contributed by atoms with Crippen molar-refractivity contribution in [3.63, 3.8) is 0 Å². The quantitative estimate of drug-likeness (QED) is 0.814. The van der Waals surface area contributed by atoms with E-state index in [1.807, 2.05) is 14.0 Å². The smallest absolute Gasteiger partial charge is 0.143 e. The van der Waals surface area contributed by atoms with Crippen molar-refractivity contribution in [2.75, 3.05) is 7.05 Å². The Labute approximate surface area is 110 Å². The first-order chi connectivity index (χ1) is 7.95. The van der Waals surface area contributed by atoms with E-state index in [-0.39, 0.29) is 11.5 Å². The largest absolute Gasteiger partial charge is 0.317 e. The Morgan fingerprint density at radius 3 is 2.53 bits per heavy atom. The molecule has 2 unspecified atom stereocenters. The van der Waals surface area contributed by atoms with Crippen LogP contribution in [0.1, 0.15) is 25.8 Å². The molecule has 4 heteroatoms. The maximum absolute atomic E-state index is 13.7. The van der Waals surface area contributed by atoms with Crippen LogP contribution in [0, 0.1) is 17.6 Å². The first-order valence-corrected chi connectivity index (χ1v) is 6.54. The Balaban J connectivity index is 2.77. The monoisotopic (exact) mass is 305 g/mol. The average Bonchev–Trinajstić information content (AvgIpc) is 2.29. The molecule has 0 aliphatic carbocycles. The molecule has 96 valence electrons. The minimum absolute atomic E-state index is 0.176. The second-order valence-corrected chi connectivity index (χ2v) is 5.41. The number of nitrogens with one attached hydrogen (secondary N) is 1. The van der Waals surface area contributed by atoms with E-state index in [4.69, 9.17) is 0 Å². The highest BCUT2D eigenvalue weighted by Crippen LogP contribution is 2.25. The number of benzene rings is 1. The fourth-order valence-corrected chi connectivity index (χ4v) is 2.28. The summed E-state index contributed by atoms with van der Waals surface area (Å²) in [4.78, 5) is 0. The van der Waals surface area contributed by atoms with Crippen molar-refractivity contribution in [3.05, 3.63) is 33.8 Å². The van der Waals surface area contributed by atoms with Crippen LogP contribution in [0.3, 0.4) is 0 Å². The zero-order chi connectivity index (χ0) is 13.0. The van der Waals surface area contributed by atoms with E-state index in [1.54, 1.807) is 0 Å². The third-order valence-electron chi connectivity index (χ3n) is 2.94. The highest BCUT2D eigenvalue weighted by Gasteiger charge is 2.16. The zero-order valence-corrected chi connectivity index (χ0v) is 11.9. The molecule has 0 amide bonds. The Morgan fingerprint density at radius 2 is 1.94 bits per heavy atom. The number of hydrogen-bond donors (Lipinski definition) is 1. The van der Waals surface area contributed by atoms with Gasteiger partial charge in [0, 0.05) is 11.6 Å². The molecule has 17 heavy (non-hydrogen) atoms. The fraction of sp³-hybridized carbons (Fsp3) is 0.538. The molecule has 1 aromatic rings. The Morgan fingerprint density at radius 1 is 1.29 bits per heavy atom. The second kappa shape index (κ2) is 6.45. The molecule has 1 nitrogen and oxygen atoms in total. The summed E-state index contributed by atoms with van der Waals surface area (Å²) in [5.74, 6) is -0.709. The van der Waals surface area contributed by atoms with Crippen molar-refractivity contribution in [1.82, 2.24) is 5.32 Å². The summed E-state index contributed by atoms with van der Waals surface area (Å²) in [5, 5.41) is 3.13. The summed E-state index contributed by atoms with van der Waals surface area (Å²) in [6.45, 7) is 4.07. The van der Waals surface area contributed by atoms with E-state index in [9.17, 15) is 8.78 Å². The van der Waals surface area contributed by atoms with Gasteiger partial charge < -0.3 is 5.32 Å². The number of halogens is 3. The molecule has 1 aromatic carbocycles. The van der Waals surface area contributed by atoms with Crippen LogP contribution in [-0.2, 0) is 6.42 Å². The molecular weight excluding hydrogens is 288 g/mol. The van der Waals surface area contributed by atoms with Gasteiger partial charge in [-0.3, -0.25) is 0 Å². The number of rotatable bonds is 5. The highest BCUT2D eigenvalue weighted by molar-refractivity contribution is 9.10. The van der Waals surface area contributed by atoms with Crippen molar-refractivity contribution in [2.24, 2.45) is 5.92 Å². The molecule has 0 saturated heterocycles. The molecule has 0 aromatic heterocycles. The first kappa shape index (κ1) is 14.6. The Bertz CT molecular complexity index is 382. The number of hydrogen-bond acceptors (Lipinski definition) is 1. The van der Waals surface area contributed by atoms with Crippen molar-refractivity contribution in [2.45, 2.75) is 32.7 Å². The highest BCUT2D eigenvalue weighted by atomic mass is 79.9. The van der Waals surface area contributed by atoms with Crippen molar-refractivity contribution >= 4 is 15.9 Å². The van der Waals surface area contributed by atoms with Crippen LogP contribution in [0.5, 0.6) is 0 Å². The maximum atomic E-state index is 13.7. The van der Waals surface area contributed by atoms with Gasteiger partial charge in [-0.2, -0.15) is 0 Å². The average molecular weight is 306 g/mol. The van der Waals surface area contributed by atoms with Gasteiger partial charge in [-0.15, -0.1) is 0 Å². The molecule has 0 aliphatic heterocycles. The van der Waals surface area contributed by atoms with Crippen LogP contribution in [0.25, 0.3) is 0 Å². The minimum atomic E-state index is -0.478. The Kier molecular flexibility index (Phi) is 5.53. The summed E-state index contributed by atoms with van der Waals surface area (Å²) in [7, 11) is 1.89. The molecule has 0 radical (unpaired) electrons. The van der Waals surface area contributed by atoms with Crippen LogP contribution in [-0.4, -0.2) is 13.1 Å². The molecule has 0 aliphatic rings. The third-order valence-corrected chi connectivity index (χ3v) is 3.55. The van der Waals surface area contributed by atoms with Gasteiger partial charge in [0.2, 0.25) is 0 Å². The third kappa shape index (κ3) is 4.03. The van der Waals surface area contributed by atoms with E-state index in [1.165, 1.54) is 12.1 Å². The normalized spacial score (nSPS) is 14.7. The second-order valence-electron chi connectivity index (χ2n) is 4.56. The SMILES string of the molecule is CNC(C)CC(C)Cc1c(F)ccc(Br)c1F. The van der Waals surface area contributed by atoms with E-state index >= 15 is 0 Å². The van der Waals surface area contributed by atoms with Gasteiger partial charge in [-0.1, -0.05) is 6.92 Å². The summed E-state index contributed by atoms with van der Waals surface area (Å²) < 4.78 is 27.6. The van der Waals surface area contributed by atoms with Crippen molar-refractivity contribution < 1.29 is 8.78 Å². The van der Waals surface area contributed by atoms with E-state index < -0.39 is 11.6 Å². The maximum Gasteiger partial charge on any atom is 0.143 e. The predicted molar refractivity (Wildman–Crippen MR) is 70.1 cm³/mol. The van der Waals surface area contributed by atoms with Gasteiger partial charge >= 0.3 is 0 Å². The first-order valence-electron chi connectivity index (χ1n) is 5.75. The molecule has 0 bridgehead atoms. The summed E-state index contributed by atoms with van der Waals surface area (Å²) in [6.07, 6.45) is 1.31. The standard InChI is InChI=1S/C13H18BrF2N/c1-8(6-9(2)17-3)7-10-12(15)5-4-11(14)13(10)16/h4-5,8-9,17H,6-7H2,1-3H3. The summed E-state index contributed by atoms with van der Waals surface area (Å²) in [6, 6.07) is 3.05. The van der Waals surface area contributed by atoms with Crippen molar-refractivity contribution in [3.8, 4) is 0 Å². The molecule has 0 saturated carbocycles. The van der Waals surface area contributed by atoms with Crippen LogP contribution < -0.4 is 5.32 Å². The molecule has 0 spiro atoms. The van der Waals surface area contributed by atoms with Crippen LogP contribution in [0.15, 0.2) is 16.6 Å². The predicted octanol–water partition coefficient (Wildman–Crippen LogP) is 3.90. The molecule has 1 rings (SSSR count). The molecule has 0 fully saturated rings. The lowest BCUT2D eigenvalue weighted by Gasteiger charge is -2.17. The molecule has 2 atom stereocenters. The van der Waals surface area contributed by atoms with Gasteiger partial charge in [0.25, 0.3) is 0 Å². The fourth-order valence-electron chi connectivity index (χ4n) is 1.91. The van der Waals surface area contributed by atoms with E-state index in [0.29, 0.717) is 16.9 Å². The lowest BCUT2D eigenvalue weighted by Crippen LogP contribution is -2.24. The van der Waals surface area contributed by atoms with E-state index in [2.05, 4.69) is 28.2 Å². The summed E-state index contributed by atoms with van der Waals surface area (Å²) in [5.41, 5.74) is 0.176. The Hall–Kier alpha value is -0.480. The van der Waals surface area contributed by atoms with Gasteiger partial charge in [-0.25, -0.2) is 8.78 Å². The van der Waals surface area contributed by atoms with Crippen LogP contribution in [0.4, 0.5) is 8.78 Å². The van der Waals surface area contributed by atoms with Crippen molar-refractivity contribution in [1.29, 1.82) is 0 Å². The van der Waals surface area contributed by atoms with Gasteiger partial charge in [-0.05, 0) is 60.8 Å². The van der Waals surface area contributed by atoms with Gasteiger partial charge in [0.15, 0.2) is 0 Å². The van der Waals surface area contributed by atoms with Crippen LogP contribution in [0.2, 0.25) is 0 Å². The van der Waals surface area contributed by atoms with E-state index in [0.717, 1.165) is 6.42 Å².